The molecule has 0 fully saturated rings. The van der Waals surface area contributed by atoms with Gasteiger partial charge >= 0.3 is 0 Å². The zero-order valence-electron chi connectivity index (χ0n) is 14.2. The molecule has 0 unspecified atom stereocenters. The highest BCUT2D eigenvalue weighted by molar-refractivity contribution is 5.96. The second-order valence-electron chi connectivity index (χ2n) is 5.91. The normalized spacial score (nSPS) is 12.6. The first-order valence-electron chi connectivity index (χ1n) is 8.25. The first-order valence-corrected chi connectivity index (χ1v) is 8.25. The highest BCUT2D eigenvalue weighted by Gasteiger charge is 2.24. The number of hydrogen-bond donors (Lipinski definition) is 0. The van der Waals surface area contributed by atoms with E-state index >= 15 is 0 Å². The molecule has 3 rings (SSSR count). The van der Waals surface area contributed by atoms with Gasteiger partial charge in [0.1, 0.15) is 12.4 Å². The van der Waals surface area contributed by atoms with Crippen LogP contribution < -0.4 is 9.64 Å². The molecule has 0 saturated carbocycles. The number of rotatable bonds is 6. The van der Waals surface area contributed by atoms with Crippen LogP contribution >= 0.6 is 0 Å². The predicted octanol–water partition coefficient (Wildman–Crippen LogP) is 2.72. The molecule has 0 aliphatic carbocycles. The Labute approximate surface area is 147 Å². The zero-order valence-corrected chi connectivity index (χ0v) is 14.2. The van der Waals surface area contributed by atoms with E-state index in [0.29, 0.717) is 31.7 Å². The molecule has 5 nitrogen and oxygen atoms in total. The predicted molar refractivity (Wildman–Crippen MR) is 94.7 cm³/mol. The molecule has 2 aromatic rings. The van der Waals surface area contributed by atoms with E-state index in [-0.39, 0.29) is 5.91 Å². The van der Waals surface area contributed by atoms with Crippen molar-refractivity contribution in [2.75, 3.05) is 31.8 Å². The molecule has 1 heterocycles. The fraction of sp³-hybridized carbons (Fsp3) is 0.300. The Morgan fingerprint density at radius 1 is 1.20 bits per heavy atom. The molecule has 1 aliphatic rings. The van der Waals surface area contributed by atoms with Crippen LogP contribution in [0.1, 0.15) is 16.7 Å². The van der Waals surface area contributed by atoms with Gasteiger partial charge < -0.3 is 14.4 Å². The number of carbonyl (C=O) groups is 1. The maximum absolute atomic E-state index is 12.6. The third-order valence-corrected chi connectivity index (χ3v) is 4.24. The van der Waals surface area contributed by atoms with Crippen molar-refractivity contribution in [1.82, 2.24) is 0 Å². The average molecular weight is 336 g/mol. The Morgan fingerprint density at radius 2 is 2.00 bits per heavy atom. The van der Waals surface area contributed by atoms with Crippen LogP contribution in [-0.4, -0.2) is 32.8 Å². The average Bonchev–Trinajstić information content (AvgIpc) is 3.06. The number of hydrogen-bond acceptors (Lipinski definition) is 4. The summed E-state index contributed by atoms with van der Waals surface area (Å²) >= 11 is 0. The summed E-state index contributed by atoms with van der Waals surface area (Å²) in [6, 6.07) is 15.2. The van der Waals surface area contributed by atoms with Gasteiger partial charge in [0.15, 0.2) is 0 Å². The van der Waals surface area contributed by atoms with Crippen molar-refractivity contribution in [2.24, 2.45) is 0 Å². The summed E-state index contributed by atoms with van der Waals surface area (Å²) in [5.74, 6) is 0.834. The molecule has 0 radical (unpaired) electrons. The smallest absolute Gasteiger partial charge is 0.231 e. The molecule has 0 bridgehead atoms. The second-order valence-corrected chi connectivity index (χ2v) is 5.91. The summed E-state index contributed by atoms with van der Waals surface area (Å²) in [5, 5.41) is 8.98. The lowest BCUT2D eigenvalue weighted by Crippen LogP contribution is -2.30. The summed E-state index contributed by atoms with van der Waals surface area (Å²) in [4.78, 5) is 14.4. The Bertz CT molecular complexity index is 794. The summed E-state index contributed by atoms with van der Waals surface area (Å²) < 4.78 is 10.5. The Kier molecular flexibility index (Phi) is 5.32. The molecule has 0 atom stereocenters. The number of anilines is 1. The number of nitrogens with zero attached hydrogens (tertiary/aromatic N) is 2. The van der Waals surface area contributed by atoms with Gasteiger partial charge in [-0.25, -0.2) is 0 Å². The highest BCUT2D eigenvalue weighted by Crippen LogP contribution is 2.29. The van der Waals surface area contributed by atoms with Crippen molar-refractivity contribution < 1.29 is 14.3 Å². The first kappa shape index (κ1) is 17.0. The minimum Gasteiger partial charge on any atom is -0.491 e. The molecule has 0 spiro atoms. The zero-order chi connectivity index (χ0) is 17.6. The van der Waals surface area contributed by atoms with Crippen molar-refractivity contribution in [2.45, 2.75) is 12.8 Å². The standard InChI is InChI=1S/C20H20N2O3/c1-24-10-11-25-18-5-2-15(3-6-18)13-20(23)22-9-8-17-12-16(14-21)4-7-19(17)22/h2-7,12H,8-11,13H2,1H3. The third kappa shape index (κ3) is 3.98. The largest absolute Gasteiger partial charge is 0.491 e. The maximum Gasteiger partial charge on any atom is 0.231 e. The fourth-order valence-electron chi connectivity index (χ4n) is 2.95. The van der Waals surface area contributed by atoms with Crippen LogP contribution in [0.25, 0.3) is 0 Å². The minimum absolute atomic E-state index is 0.0662. The Balaban J connectivity index is 1.63. The van der Waals surface area contributed by atoms with Gasteiger partial charge in [-0.3, -0.25) is 4.79 Å². The quantitative estimate of drug-likeness (QED) is 0.761. The van der Waals surface area contributed by atoms with E-state index in [1.54, 1.807) is 18.1 Å². The van der Waals surface area contributed by atoms with Gasteiger partial charge in [0.05, 0.1) is 24.7 Å². The third-order valence-electron chi connectivity index (χ3n) is 4.24. The molecule has 0 saturated heterocycles. The van der Waals surface area contributed by atoms with Crippen molar-refractivity contribution in [1.29, 1.82) is 5.26 Å². The lowest BCUT2D eigenvalue weighted by atomic mass is 10.1. The van der Waals surface area contributed by atoms with Crippen LogP contribution in [0.3, 0.4) is 0 Å². The van der Waals surface area contributed by atoms with E-state index in [1.807, 2.05) is 36.4 Å². The lowest BCUT2D eigenvalue weighted by molar-refractivity contribution is -0.117. The first-order chi connectivity index (χ1) is 12.2. The number of amides is 1. The summed E-state index contributed by atoms with van der Waals surface area (Å²) in [6.07, 6.45) is 1.14. The van der Waals surface area contributed by atoms with Crippen molar-refractivity contribution >= 4 is 11.6 Å². The molecule has 5 heteroatoms. The van der Waals surface area contributed by atoms with E-state index in [1.165, 1.54) is 0 Å². The molecule has 2 aromatic carbocycles. The molecule has 0 aromatic heterocycles. The molecule has 1 aliphatic heterocycles. The highest BCUT2D eigenvalue weighted by atomic mass is 16.5. The fourth-order valence-corrected chi connectivity index (χ4v) is 2.95. The van der Waals surface area contributed by atoms with Crippen LogP contribution in [0, 0.1) is 11.3 Å². The summed E-state index contributed by atoms with van der Waals surface area (Å²) in [6.45, 7) is 1.72. The van der Waals surface area contributed by atoms with E-state index in [2.05, 4.69) is 6.07 Å². The lowest BCUT2D eigenvalue weighted by Gasteiger charge is -2.17. The summed E-state index contributed by atoms with van der Waals surface area (Å²) in [7, 11) is 1.63. The number of carbonyl (C=O) groups excluding carboxylic acids is 1. The van der Waals surface area contributed by atoms with Crippen LogP contribution in [0.2, 0.25) is 0 Å². The van der Waals surface area contributed by atoms with Gasteiger partial charge in [0.2, 0.25) is 5.91 Å². The number of benzene rings is 2. The van der Waals surface area contributed by atoms with Crippen molar-refractivity contribution in [3.8, 4) is 11.8 Å². The maximum atomic E-state index is 12.6. The van der Waals surface area contributed by atoms with E-state index in [0.717, 1.165) is 29.0 Å². The van der Waals surface area contributed by atoms with Gasteiger partial charge in [0, 0.05) is 19.3 Å². The molecular weight excluding hydrogens is 316 g/mol. The van der Waals surface area contributed by atoms with Crippen LogP contribution in [-0.2, 0) is 22.4 Å². The van der Waals surface area contributed by atoms with Gasteiger partial charge in [-0.15, -0.1) is 0 Å². The van der Waals surface area contributed by atoms with E-state index < -0.39 is 0 Å². The van der Waals surface area contributed by atoms with Crippen LogP contribution in [0.5, 0.6) is 5.75 Å². The molecule has 1 amide bonds. The van der Waals surface area contributed by atoms with E-state index in [4.69, 9.17) is 14.7 Å². The van der Waals surface area contributed by atoms with Crippen molar-refractivity contribution in [3.63, 3.8) is 0 Å². The van der Waals surface area contributed by atoms with Gasteiger partial charge in [-0.1, -0.05) is 12.1 Å². The summed E-state index contributed by atoms with van der Waals surface area (Å²) in [5.41, 5.74) is 3.57. The van der Waals surface area contributed by atoms with Crippen molar-refractivity contribution in [3.05, 3.63) is 59.2 Å². The minimum atomic E-state index is 0.0662. The van der Waals surface area contributed by atoms with Gasteiger partial charge in [0.25, 0.3) is 0 Å². The molecular formula is C20H20N2O3. The van der Waals surface area contributed by atoms with E-state index in [9.17, 15) is 4.79 Å². The Morgan fingerprint density at radius 3 is 2.72 bits per heavy atom. The number of nitriles is 1. The molecule has 25 heavy (non-hydrogen) atoms. The van der Waals surface area contributed by atoms with Crippen LogP contribution in [0.15, 0.2) is 42.5 Å². The SMILES string of the molecule is COCCOc1ccc(CC(=O)N2CCc3cc(C#N)ccc32)cc1. The number of fused-ring (bicyclic) bond motifs is 1. The molecule has 128 valence electrons. The second kappa shape index (κ2) is 7.82. The van der Waals surface area contributed by atoms with Crippen LogP contribution in [0.4, 0.5) is 5.69 Å². The topological polar surface area (TPSA) is 62.6 Å². The molecule has 0 N–H and O–H groups in total. The number of methoxy groups -OCH3 is 1. The number of ether oxygens (including phenoxy) is 2. The van der Waals surface area contributed by atoms with Gasteiger partial charge in [-0.2, -0.15) is 5.26 Å². The Hall–Kier alpha value is -2.84. The monoisotopic (exact) mass is 336 g/mol. The van der Waals surface area contributed by atoms with Gasteiger partial charge in [-0.05, 0) is 47.9 Å².